The van der Waals surface area contributed by atoms with Crippen LogP contribution in [0, 0.1) is 0 Å². The van der Waals surface area contributed by atoms with Crippen molar-refractivity contribution in [3.63, 3.8) is 0 Å². The van der Waals surface area contributed by atoms with Crippen LogP contribution in [0.4, 0.5) is 0 Å². The number of carbonyl (C=O) groups excluding carboxylic acids is 3. The molecule has 3 amide bonds. The van der Waals surface area contributed by atoms with Crippen molar-refractivity contribution < 1.29 is 44.1 Å². The Morgan fingerprint density at radius 1 is 0.811 bits per heavy atom. The molecule has 4 unspecified atom stereocenters. The van der Waals surface area contributed by atoms with Gasteiger partial charge in [-0.2, -0.15) is 11.8 Å². The molecule has 1 aromatic carbocycles. The molecule has 0 aliphatic heterocycles. The number of hydrogen-bond acceptors (Lipinski definition) is 8. The third kappa shape index (κ3) is 12.2. The minimum absolute atomic E-state index is 0.00539. The van der Waals surface area contributed by atoms with Crippen LogP contribution in [-0.4, -0.2) is 87.1 Å². The van der Waals surface area contributed by atoms with E-state index < -0.39 is 72.6 Å². The van der Waals surface area contributed by atoms with Gasteiger partial charge < -0.3 is 37.0 Å². The predicted molar refractivity (Wildman–Crippen MR) is 134 cm³/mol. The Morgan fingerprint density at radius 2 is 1.38 bits per heavy atom. The van der Waals surface area contributed by atoms with Gasteiger partial charge in [-0.25, -0.2) is 4.79 Å². The second-order valence-corrected chi connectivity index (χ2v) is 9.12. The second-order valence-electron chi connectivity index (χ2n) is 8.13. The van der Waals surface area contributed by atoms with E-state index in [9.17, 15) is 33.9 Å². The van der Waals surface area contributed by atoms with Crippen LogP contribution < -0.4 is 21.7 Å². The highest BCUT2D eigenvalue weighted by Gasteiger charge is 2.30. The van der Waals surface area contributed by atoms with Gasteiger partial charge in [0.1, 0.15) is 18.1 Å². The highest BCUT2D eigenvalue weighted by molar-refractivity contribution is 7.98. The first kappa shape index (κ1) is 31.4. The lowest BCUT2D eigenvalue weighted by Crippen LogP contribution is -2.57. The van der Waals surface area contributed by atoms with Crippen LogP contribution >= 0.6 is 11.8 Å². The molecule has 0 fully saturated rings. The van der Waals surface area contributed by atoms with Crippen molar-refractivity contribution >= 4 is 47.4 Å². The lowest BCUT2D eigenvalue weighted by molar-refractivity contribution is -0.143. The number of benzene rings is 1. The zero-order chi connectivity index (χ0) is 28.0. The van der Waals surface area contributed by atoms with Crippen molar-refractivity contribution in [3.8, 4) is 0 Å². The number of carbonyl (C=O) groups is 6. The first-order valence-corrected chi connectivity index (χ1v) is 12.7. The van der Waals surface area contributed by atoms with Crippen molar-refractivity contribution in [1.29, 1.82) is 0 Å². The number of carboxylic acids is 3. The first-order valence-electron chi connectivity index (χ1n) is 11.3. The van der Waals surface area contributed by atoms with Crippen LogP contribution in [0.3, 0.4) is 0 Å². The number of thioether (sulfide) groups is 1. The summed E-state index contributed by atoms with van der Waals surface area (Å²) in [6.45, 7) is 0. The zero-order valence-corrected chi connectivity index (χ0v) is 21.0. The lowest BCUT2D eigenvalue weighted by Gasteiger charge is -2.25. The van der Waals surface area contributed by atoms with Crippen molar-refractivity contribution in [2.24, 2.45) is 5.73 Å². The SMILES string of the molecule is CSCCC(NC(=O)C(Cc1ccccc1)NC(=O)C(N)CC(=O)O)C(=O)NC(CCC(=O)O)C(=O)O. The van der Waals surface area contributed by atoms with E-state index in [0.29, 0.717) is 11.3 Å². The van der Waals surface area contributed by atoms with Crippen LogP contribution in [0.1, 0.15) is 31.2 Å². The summed E-state index contributed by atoms with van der Waals surface area (Å²) in [5.41, 5.74) is 6.29. The lowest BCUT2D eigenvalue weighted by atomic mass is 10.0. The van der Waals surface area contributed by atoms with Gasteiger partial charge in [0.25, 0.3) is 0 Å². The molecule has 13 nitrogen and oxygen atoms in total. The molecule has 1 aromatic rings. The van der Waals surface area contributed by atoms with E-state index in [4.69, 9.17) is 15.9 Å². The fourth-order valence-corrected chi connectivity index (χ4v) is 3.66. The number of aliphatic carboxylic acids is 3. The van der Waals surface area contributed by atoms with Gasteiger partial charge in [-0.15, -0.1) is 0 Å². The highest BCUT2D eigenvalue weighted by Crippen LogP contribution is 2.08. The molecule has 0 aliphatic rings. The van der Waals surface area contributed by atoms with E-state index in [2.05, 4.69) is 16.0 Å². The first-order chi connectivity index (χ1) is 17.4. The standard InChI is InChI=1S/C23H32N4O9S/c1-37-10-9-15(21(33)26-16(23(35)36)7-8-18(28)29)25-22(34)17(11-13-5-3-2-4-6-13)27-20(32)14(24)12-19(30)31/h2-6,14-17H,7-12,24H2,1H3,(H,25,34)(H,26,33)(H,27,32)(H,28,29)(H,30,31)(H,35,36). The number of carboxylic acid groups (broad SMARTS) is 3. The van der Waals surface area contributed by atoms with Gasteiger partial charge in [0.15, 0.2) is 0 Å². The largest absolute Gasteiger partial charge is 0.481 e. The van der Waals surface area contributed by atoms with Crippen LogP contribution in [0.2, 0.25) is 0 Å². The van der Waals surface area contributed by atoms with Gasteiger partial charge in [0, 0.05) is 12.8 Å². The summed E-state index contributed by atoms with van der Waals surface area (Å²) in [4.78, 5) is 71.7. The molecule has 0 saturated heterocycles. The van der Waals surface area contributed by atoms with E-state index in [0.717, 1.165) is 0 Å². The Balaban J connectivity index is 3.08. The topological polar surface area (TPSA) is 225 Å². The molecular formula is C23H32N4O9S. The van der Waals surface area contributed by atoms with E-state index in [-0.39, 0.29) is 19.3 Å². The molecule has 0 heterocycles. The fraction of sp³-hybridized carbons (Fsp3) is 0.478. The number of nitrogens with one attached hydrogen (secondary N) is 3. The molecule has 0 spiro atoms. The van der Waals surface area contributed by atoms with Gasteiger partial charge in [-0.3, -0.25) is 24.0 Å². The molecule has 1 rings (SSSR count). The normalized spacial score (nSPS) is 13.9. The Bertz CT molecular complexity index is 961. The molecule has 4 atom stereocenters. The van der Waals surface area contributed by atoms with Crippen molar-refractivity contribution in [1.82, 2.24) is 16.0 Å². The summed E-state index contributed by atoms with van der Waals surface area (Å²) in [7, 11) is 0. The molecule has 0 radical (unpaired) electrons. The number of nitrogens with two attached hydrogens (primary N) is 1. The zero-order valence-electron chi connectivity index (χ0n) is 20.2. The quantitative estimate of drug-likeness (QED) is 0.129. The maximum absolute atomic E-state index is 13.2. The minimum atomic E-state index is -1.48. The number of amides is 3. The molecule has 0 bridgehead atoms. The van der Waals surface area contributed by atoms with Gasteiger partial charge in [-0.05, 0) is 30.4 Å². The van der Waals surface area contributed by atoms with Crippen LogP contribution in [0.5, 0.6) is 0 Å². The Morgan fingerprint density at radius 3 is 1.92 bits per heavy atom. The maximum Gasteiger partial charge on any atom is 0.326 e. The molecule has 8 N–H and O–H groups in total. The summed E-state index contributed by atoms with van der Waals surface area (Å²) < 4.78 is 0. The second kappa shape index (κ2) is 16.2. The van der Waals surface area contributed by atoms with Gasteiger partial charge in [0.2, 0.25) is 17.7 Å². The fourth-order valence-electron chi connectivity index (χ4n) is 3.19. The average molecular weight is 541 g/mol. The van der Waals surface area contributed by atoms with Gasteiger partial charge >= 0.3 is 17.9 Å². The summed E-state index contributed by atoms with van der Waals surface area (Å²) in [5.74, 6) is -5.99. The predicted octanol–water partition coefficient (Wildman–Crippen LogP) is -0.812. The van der Waals surface area contributed by atoms with Crippen molar-refractivity contribution in [2.75, 3.05) is 12.0 Å². The third-order valence-electron chi connectivity index (χ3n) is 5.15. The molecule has 37 heavy (non-hydrogen) atoms. The van der Waals surface area contributed by atoms with Crippen molar-refractivity contribution in [2.45, 2.75) is 56.3 Å². The monoisotopic (exact) mass is 540 g/mol. The molecule has 0 saturated carbocycles. The van der Waals surface area contributed by atoms with E-state index in [1.54, 1.807) is 36.6 Å². The average Bonchev–Trinajstić information content (AvgIpc) is 2.83. The number of hydrogen-bond donors (Lipinski definition) is 7. The van der Waals surface area contributed by atoms with Crippen LogP contribution in [-0.2, 0) is 35.2 Å². The third-order valence-corrected chi connectivity index (χ3v) is 5.80. The van der Waals surface area contributed by atoms with Crippen molar-refractivity contribution in [3.05, 3.63) is 35.9 Å². The van der Waals surface area contributed by atoms with Crippen LogP contribution in [0.25, 0.3) is 0 Å². The Hall–Kier alpha value is -3.65. The van der Waals surface area contributed by atoms with Gasteiger partial charge in [-0.1, -0.05) is 30.3 Å². The molecular weight excluding hydrogens is 508 g/mol. The highest BCUT2D eigenvalue weighted by atomic mass is 32.2. The van der Waals surface area contributed by atoms with E-state index in [1.807, 2.05) is 0 Å². The summed E-state index contributed by atoms with van der Waals surface area (Å²) in [6, 6.07) is 3.32. The molecule has 0 aliphatic carbocycles. The number of rotatable bonds is 17. The van der Waals surface area contributed by atoms with Crippen LogP contribution in [0.15, 0.2) is 30.3 Å². The summed E-state index contributed by atoms with van der Waals surface area (Å²) in [5, 5.41) is 34.3. The minimum Gasteiger partial charge on any atom is -0.481 e. The molecule has 14 heteroatoms. The Labute approximate surface area is 217 Å². The van der Waals surface area contributed by atoms with E-state index >= 15 is 0 Å². The Kier molecular flexibility index (Phi) is 13.7. The van der Waals surface area contributed by atoms with Gasteiger partial charge in [0.05, 0.1) is 12.5 Å². The summed E-state index contributed by atoms with van der Waals surface area (Å²) >= 11 is 1.38. The molecule has 0 aromatic heterocycles. The summed E-state index contributed by atoms with van der Waals surface area (Å²) in [6.07, 6.45) is 0.401. The maximum atomic E-state index is 13.2. The smallest absolute Gasteiger partial charge is 0.326 e. The molecule has 204 valence electrons. The van der Waals surface area contributed by atoms with E-state index in [1.165, 1.54) is 11.8 Å².